The predicted octanol–water partition coefficient (Wildman–Crippen LogP) is 7.53. The van der Waals surface area contributed by atoms with E-state index < -0.39 is 40.3 Å². The summed E-state index contributed by atoms with van der Waals surface area (Å²) in [6, 6.07) is 8.54. The van der Waals surface area contributed by atoms with Crippen LogP contribution in [0.25, 0.3) is 0 Å². The topological polar surface area (TPSA) is 79.9 Å². The van der Waals surface area contributed by atoms with Gasteiger partial charge in [0.15, 0.2) is 0 Å². The zero-order valence-corrected chi connectivity index (χ0v) is 24.2. The highest BCUT2D eigenvalue weighted by molar-refractivity contribution is 6.31. The van der Waals surface area contributed by atoms with E-state index in [-0.39, 0.29) is 52.8 Å². The van der Waals surface area contributed by atoms with Crippen molar-refractivity contribution >= 4 is 34.8 Å². The molecule has 0 aliphatic heterocycles. The van der Waals surface area contributed by atoms with Gasteiger partial charge < -0.3 is 25.0 Å². The minimum absolute atomic E-state index is 0.0252. The van der Waals surface area contributed by atoms with Gasteiger partial charge in [-0.25, -0.2) is 0 Å². The first kappa shape index (κ1) is 33.5. The Hall–Kier alpha value is -3.97. The fourth-order valence-electron chi connectivity index (χ4n) is 3.89. The van der Waals surface area contributed by atoms with Crippen LogP contribution in [0.5, 0.6) is 11.5 Å². The van der Waals surface area contributed by atoms with Crippen LogP contribution in [0.3, 0.4) is 0 Å². The van der Waals surface area contributed by atoms with Gasteiger partial charge >= 0.3 is 12.4 Å². The second kappa shape index (κ2) is 13.6. The van der Waals surface area contributed by atoms with Crippen molar-refractivity contribution in [3.05, 3.63) is 81.4 Å². The van der Waals surface area contributed by atoms with Crippen LogP contribution in [0.15, 0.2) is 48.5 Å². The van der Waals surface area contributed by atoms with Crippen molar-refractivity contribution in [2.24, 2.45) is 0 Å². The Morgan fingerprint density at radius 2 is 1.35 bits per heavy atom. The zero-order valence-electron chi connectivity index (χ0n) is 23.5. The van der Waals surface area contributed by atoms with E-state index in [9.17, 15) is 35.9 Å². The van der Waals surface area contributed by atoms with Gasteiger partial charge in [-0.2, -0.15) is 26.3 Å². The summed E-state index contributed by atoms with van der Waals surface area (Å²) in [7, 11) is 3.53. The Balaban J connectivity index is 2.03. The van der Waals surface area contributed by atoms with Crippen molar-refractivity contribution in [2.45, 2.75) is 26.2 Å². The number of halogens is 7. The molecule has 0 aromatic heterocycles. The molecule has 43 heavy (non-hydrogen) atoms. The monoisotopic (exact) mass is 631 g/mol. The van der Waals surface area contributed by atoms with Crippen molar-refractivity contribution in [2.75, 3.05) is 44.5 Å². The molecule has 0 heterocycles. The third-order valence-electron chi connectivity index (χ3n) is 5.98. The quantitative estimate of drug-likeness (QED) is 0.226. The molecule has 0 saturated carbocycles. The van der Waals surface area contributed by atoms with Crippen molar-refractivity contribution in [3.63, 3.8) is 0 Å². The number of nitrogens with one attached hydrogen (secondary N) is 2. The molecule has 0 unspecified atom stereocenters. The van der Waals surface area contributed by atoms with Gasteiger partial charge in [-0.05, 0) is 76.0 Å². The van der Waals surface area contributed by atoms with Crippen LogP contribution in [-0.4, -0.2) is 50.6 Å². The Labute approximate surface area is 248 Å². The summed E-state index contributed by atoms with van der Waals surface area (Å²) in [4.78, 5) is 28.3. The molecule has 0 saturated heterocycles. The molecule has 0 spiro atoms. The largest absolute Gasteiger partial charge is 0.493 e. The van der Waals surface area contributed by atoms with Crippen molar-refractivity contribution < 1.29 is 45.4 Å². The van der Waals surface area contributed by atoms with Crippen LogP contribution in [0.1, 0.15) is 44.3 Å². The van der Waals surface area contributed by atoms with Crippen LogP contribution >= 0.6 is 11.6 Å². The Kier molecular flexibility index (Phi) is 10.6. The maximum atomic E-state index is 13.4. The average Bonchev–Trinajstić information content (AvgIpc) is 2.89. The summed E-state index contributed by atoms with van der Waals surface area (Å²) in [5.41, 5.74) is -2.78. The number of nitrogens with zero attached hydrogens (tertiary/aromatic N) is 1. The highest BCUT2D eigenvalue weighted by Gasteiger charge is 2.34. The van der Waals surface area contributed by atoms with Crippen LogP contribution in [0.4, 0.5) is 37.7 Å². The fourth-order valence-corrected chi connectivity index (χ4v) is 4.11. The van der Waals surface area contributed by atoms with E-state index in [0.717, 1.165) is 12.1 Å². The van der Waals surface area contributed by atoms with Gasteiger partial charge in [0.25, 0.3) is 11.8 Å². The number of carbonyl (C=O) groups excluding carboxylic acids is 2. The smallest absolute Gasteiger partial charge is 0.417 e. The minimum Gasteiger partial charge on any atom is -0.493 e. The number of alkyl halides is 6. The molecule has 0 aliphatic rings. The molecule has 0 fully saturated rings. The molecular formula is C29H28ClF6N3O4. The number of amides is 2. The maximum Gasteiger partial charge on any atom is 0.417 e. The Bertz CT molecular complexity index is 1490. The van der Waals surface area contributed by atoms with E-state index in [4.69, 9.17) is 21.1 Å². The van der Waals surface area contributed by atoms with E-state index in [1.807, 2.05) is 0 Å². The molecule has 3 aromatic carbocycles. The van der Waals surface area contributed by atoms with Gasteiger partial charge in [0.1, 0.15) is 23.7 Å². The molecule has 7 nitrogen and oxygen atoms in total. The minimum atomic E-state index is -4.76. The van der Waals surface area contributed by atoms with Gasteiger partial charge in [0.2, 0.25) is 0 Å². The molecule has 0 bridgehead atoms. The van der Waals surface area contributed by atoms with E-state index in [1.54, 1.807) is 25.9 Å². The molecule has 2 amide bonds. The summed E-state index contributed by atoms with van der Waals surface area (Å²) >= 11 is 5.66. The highest BCUT2D eigenvalue weighted by atomic mass is 35.5. The van der Waals surface area contributed by atoms with Crippen molar-refractivity contribution in [1.29, 1.82) is 0 Å². The van der Waals surface area contributed by atoms with Crippen LogP contribution in [0.2, 0.25) is 5.02 Å². The Morgan fingerprint density at radius 3 is 1.91 bits per heavy atom. The zero-order chi connectivity index (χ0) is 32.1. The first-order valence-electron chi connectivity index (χ1n) is 12.8. The lowest BCUT2D eigenvalue weighted by atomic mass is 10.1. The van der Waals surface area contributed by atoms with Crippen molar-refractivity contribution in [3.8, 4) is 11.5 Å². The summed E-state index contributed by atoms with van der Waals surface area (Å²) in [6.45, 7) is 3.34. The van der Waals surface area contributed by atoms with Gasteiger partial charge in [-0.3, -0.25) is 9.59 Å². The molecule has 0 radical (unpaired) electrons. The number of hydrogen-bond acceptors (Lipinski definition) is 5. The van der Waals surface area contributed by atoms with Crippen LogP contribution in [-0.2, 0) is 12.4 Å². The second-order valence-corrected chi connectivity index (χ2v) is 9.97. The summed E-state index contributed by atoms with van der Waals surface area (Å²) in [5, 5.41) is 4.23. The third-order valence-corrected chi connectivity index (χ3v) is 6.31. The van der Waals surface area contributed by atoms with Gasteiger partial charge in [0.05, 0.1) is 22.8 Å². The number of hydrogen-bond donors (Lipinski definition) is 2. The number of likely N-dealkylation sites (N-methyl/N-ethyl adjacent to an activating group) is 1. The molecular weight excluding hydrogens is 604 g/mol. The van der Waals surface area contributed by atoms with E-state index in [0.29, 0.717) is 12.6 Å². The summed E-state index contributed by atoms with van der Waals surface area (Å²) in [6.07, 6.45) is -9.41. The SMILES string of the molecule is CCOc1cc(C(=O)Nc2ccc(Cl)c(C(F)(F)F)c2)cc(OCCN(C)C)c1C(=O)Nc1ccc(C)c(C(F)(F)F)c1. The molecule has 2 N–H and O–H groups in total. The van der Waals surface area contributed by atoms with E-state index in [2.05, 4.69) is 10.6 Å². The number of anilines is 2. The third kappa shape index (κ3) is 8.77. The van der Waals surface area contributed by atoms with Gasteiger partial charge in [-0.1, -0.05) is 17.7 Å². The van der Waals surface area contributed by atoms with Gasteiger partial charge in [0, 0.05) is 23.5 Å². The number of ether oxygens (including phenoxy) is 2. The van der Waals surface area contributed by atoms with Gasteiger partial charge in [-0.15, -0.1) is 0 Å². The molecule has 3 aromatic rings. The highest BCUT2D eigenvalue weighted by Crippen LogP contribution is 2.38. The summed E-state index contributed by atoms with van der Waals surface area (Å²) in [5.74, 6) is -2.00. The normalized spacial score (nSPS) is 11.8. The van der Waals surface area contributed by atoms with Crippen molar-refractivity contribution in [1.82, 2.24) is 4.90 Å². The maximum absolute atomic E-state index is 13.4. The number of carbonyl (C=O) groups is 2. The lowest BCUT2D eigenvalue weighted by Gasteiger charge is -2.19. The molecule has 0 atom stereocenters. The first-order valence-corrected chi connectivity index (χ1v) is 13.1. The lowest BCUT2D eigenvalue weighted by Crippen LogP contribution is -2.22. The number of aryl methyl sites for hydroxylation is 1. The standard InChI is InChI=1S/C29H28ClF6N3O4/c1-5-42-23-12-17(26(40)37-19-8-9-22(30)21(15-19)29(34,35)36)13-24(43-11-10-39(3)4)25(23)27(41)38-18-7-6-16(2)20(14-18)28(31,32)33/h6-9,12-15H,5,10-11H2,1-4H3,(H,37,40)(H,38,41). The van der Waals surface area contributed by atoms with Crippen LogP contribution in [0, 0.1) is 6.92 Å². The van der Waals surface area contributed by atoms with Crippen LogP contribution < -0.4 is 20.1 Å². The Morgan fingerprint density at radius 1 is 0.814 bits per heavy atom. The molecule has 3 rings (SSSR count). The lowest BCUT2D eigenvalue weighted by molar-refractivity contribution is -0.138. The van der Waals surface area contributed by atoms with E-state index in [1.165, 1.54) is 37.3 Å². The molecule has 232 valence electrons. The number of rotatable bonds is 10. The predicted molar refractivity (Wildman–Crippen MR) is 150 cm³/mol. The molecule has 14 heteroatoms. The number of benzene rings is 3. The second-order valence-electron chi connectivity index (χ2n) is 9.56. The average molecular weight is 632 g/mol. The summed E-state index contributed by atoms with van der Waals surface area (Å²) < 4.78 is 91.6. The molecule has 0 aliphatic carbocycles. The first-order chi connectivity index (χ1) is 20.0. The fraction of sp³-hybridized carbons (Fsp3) is 0.310. The van der Waals surface area contributed by atoms with E-state index >= 15 is 0 Å².